The van der Waals surface area contributed by atoms with E-state index in [1.807, 2.05) is 13.8 Å². The molecule has 1 saturated heterocycles. The van der Waals surface area contributed by atoms with E-state index in [-0.39, 0.29) is 12.2 Å². The molecule has 102 valence electrons. The Balaban J connectivity index is 2.17. The molecule has 2 unspecified atom stereocenters. The number of β-amino-alcohol motifs (C(OH)–C–C–N with tert-alkyl or cyclic N) is 1. The van der Waals surface area contributed by atoms with Gasteiger partial charge in [-0.05, 0) is 52.6 Å². The number of nitrogens with two attached hydrogens (primary N) is 1. The first-order valence-electron chi connectivity index (χ1n) is 6.76. The van der Waals surface area contributed by atoms with Gasteiger partial charge in [0.25, 0.3) is 0 Å². The SMILES string of the molecule is CC(C)OCC(O)CN1CCC(C(C)N)CC1. The Labute approximate surface area is 105 Å². The summed E-state index contributed by atoms with van der Waals surface area (Å²) in [5.41, 5.74) is 5.91. The van der Waals surface area contributed by atoms with Gasteiger partial charge < -0.3 is 20.5 Å². The highest BCUT2D eigenvalue weighted by Gasteiger charge is 2.23. The number of likely N-dealkylation sites (tertiary alicyclic amines) is 1. The molecule has 4 heteroatoms. The van der Waals surface area contributed by atoms with Crippen molar-refractivity contribution in [3.05, 3.63) is 0 Å². The second-order valence-corrected chi connectivity index (χ2v) is 5.53. The highest BCUT2D eigenvalue weighted by atomic mass is 16.5. The van der Waals surface area contributed by atoms with Gasteiger partial charge >= 0.3 is 0 Å². The molecule has 0 amide bonds. The number of aliphatic hydroxyl groups is 1. The summed E-state index contributed by atoms with van der Waals surface area (Å²) in [6.07, 6.45) is 2.11. The number of hydrogen-bond donors (Lipinski definition) is 2. The van der Waals surface area contributed by atoms with E-state index in [0.717, 1.165) is 32.5 Å². The first-order valence-corrected chi connectivity index (χ1v) is 6.76. The van der Waals surface area contributed by atoms with Gasteiger partial charge in [-0.2, -0.15) is 0 Å². The van der Waals surface area contributed by atoms with Crippen LogP contribution in [-0.2, 0) is 4.74 Å². The predicted molar refractivity (Wildman–Crippen MR) is 69.9 cm³/mol. The summed E-state index contributed by atoms with van der Waals surface area (Å²) < 4.78 is 5.41. The fraction of sp³-hybridized carbons (Fsp3) is 1.00. The summed E-state index contributed by atoms with van der Waals surface area (Å²) in [4.78, 5) is 2.31. The monoisotopic (exact) mass is 244 g/mol. The van der Waals surface area contributed by atoms with Crippen molar-refractivity contribution in [2.24, 2.45) is 11.7 Å². The molecule has 0 aromatic carbocycles. The van der Waals surface area contributed by atoms with Crippen molar-refractivity contribution in [3.63, 3.8) is 0 Å². The molecule has 17 heavy (non-hydrogen) atoms. The largest absolute Gasteiger partial charge is 0.389 e. The van der Waals surface area contributed by atoms with Crippen molar-refractivity contribution in [1.29, 1.82) is 0 Å². The van der Waals surface area contributed by atoms with Crippen LogP contribution in [0.1, 0.15) is 33.6 Å². The third-order valence-corrected chi connectivity index (χ3v) is 3.47. The van der Waals surface area contributed by atoms with Gasteiger partial charge in [0.1, 0.15) is 0 Å². The second-order valence-electron chi connectivity index (χ2n) is 5.53. The lowest BCUT2D eigenvalue weighted by Crippen LogP contribution is -2.43. The second kappa shape index (κ2) is 7.31. The van der Waals surface area contributed by atoms with Crippen molar-refractivity contribution in [2.45, 2.75) is 51.9 Å². The summed E-state index contributed by atoms with van der Waals surface area (Å²) in [6, 6.07) is 0.298. The van der Waals surface area contributed by atoms with Gasteiger partial charge in [-0.1, -0.05) is 0 Å². The first kappa shape index (κ1) is 14.9. The number of nitrogens with zero attached hydrogens (tertiary/aromatic N) is 1. The highest BCUT2D eigenvalue weighted by Crippen LogP contribution is 2.19. The maximum atomic E-state index is 9.83. The molecule has 1 aliphatic rings. The highest BCUT2D eigenvalue weighted by molar-refractivity contribution is 4.78. The van der Waals surface area contributed by atoms with Crippen molar-refractivity contribution in [3.8, 4) is 0 Å². The smallest absolute Gasteiger partial charge is 0.0900 e. The zero-order valence-corrected chi connectivity index (χ0v) is 11.4. The van der Waals surface area contributed by atoms with E-state index in [4.69, 9.17) is 10.5 Å². The molecule has 0 aromatic rings. The molecule has 1 fully saturated rings. The first-order chi connectivity index (χ1) is 7.99. The van der Waals surface area contributed by atoms with Gasteiger partial charge in [-0.25, -0.2) is 0 Å². The van der Waals surface area contributed by atoms with Gasteiger partial charge in [-0.15, -0.1) is 0 Å². The van der Waals surface area contributed by atoms with E-state index >= 15 is 0 Å². The van der Waals surface area contributed by atoms with Crippen LogP contribution in [0.5, 0.6) is 0 Å². The lowest BCUT2D eigenvalue weighted by molar-refractivity contribution is -0.0127. The molecule has 0 bridgehead atoms. The number of rotatable bonds is 6. The third-order valence-electron chi connectivity index (χ3n) is 3.47. The number of aliphatic hydroxyl groups excluding tert-OH is 1. The lowest BCUT2D eigenvalue weighted by atomic mass is 9.91. The van der Waals surface area contributed by atoms with E-state index in [9.17, 15) is 5.11 Å². The molecule has 0 saturated carbocycles. The molecule has 0 aromatic heterocycles. The molecule has 0 spiro atoms. The number of hydrogen-bond acceptors (Lipinski definition) is 4. The quantitative estimate of drug-likeness (QED) is 0.726. The van der Waals surface area contributed by atoms with Crippen LogP contribution >= 0.6 is 0 Å². The van der Waals surface area contributed by atoms with Crippen LogP contribution in [0.4, 0.5) is 0 Å². The Bertz CT molecular complexity index is 202. The van der Waals surface area contributed by atoms with Crippen LogP contribution in [0.25, 0.3) is 0 Å². The Kier molecular flexibility index (Phi) is 6.41. The zero-order chi connectivity index (χ0) is 12.8. The average molecular weight is 244 g/mol. The standard InChI is InChI=1S/C13H28N2O2/c1-10(2)17-9-13(16)8-15-6-4-12(5-7-15)11(3)14/h10-13,16H,4-9,14H2,1-3H3. The minimum atomic E-state index is -0.371. The van der Waals surface area contributed by atoms with Gasteiger partial charge in [0.2, 0.25) is 0 Å². The van der Waals surface area contributed by atoms with E-state index in [1.54, 1.807) is 0 Å². The molecular weight excluding hydrogens is 216 g/mol. The zero-order valence-electron chi connectivity index (χ0n) is 11.4. The van der Waals surface area contributed by atoms with Crippen LogP contribution < -0.4 is 5.73 Å². The van der Waals surface area contributed by atoms with E-state index in [0.29, 0.717) is 18.6 Å². The Morgan fingerprint density at radius 1 is 1.29 bits per heavy atom. The minimum absolute atomic E-state index is 0.188. The van der Waals surface area contributed by atoms with Crippen LogP contribution in [0.15, 0.2) is 0 Å². The molecule has 0 aliphatic carbocycles. The van der Waals surface area contributed by atoms with Crippen molar-refractivity contribution >= 4 is 0 Å². The molecule has 1 heterocycles. The lowest BCUT2D eigenvalue weighted by Gasteiger charge is -2.34. The number of ether oxygens (including phenoxy) is 1. The summed E-state index contributed by atoms with van der Waals surface area (Å²) in [5.74, 6) is 0.648. The molecule has 1 rings (SSSR count). The summed E-state index contributed by atoms with van der Waals surface area (Å²) in [5, 5.41) is 9.83. The summed E-state index contributed by atoms with van der Waals surface area (Å²) >= 11 is 0. The molecule has 3 N–H and O–H groups in total. The average Bonchev–Trinajstić information content (AvgIpc) is 2.27. The summed E-state index contributed by atoms with van der Waals surface area (Å²) in [7, 11) is 0. The molecule has 4 nitrogen and oxygen atoms in total. The number of piperidine rings is 1. The van der Waals surface area contributed by atoms with Gasteiger partial charge in [0.15, 0.2) is 0 Å². The summed E-state index contributed by atoms with van der Waals surface area (Å²) in [6.45, 7) is 9.31. The molecule has 2 atom stereocenters. The van der Waals surface area contributed by atoms with Crippen molar-refractivity contribution < 1.29 is 9.84 Å². The Morgan fingerprint density at radius 3 is 2.35 bits per heavy atom. The maximum Gasteiger partial charge on any atom is 0.0900 e. The van der Waals surface area contributed by atoms with Crippen LogP contribution in [0.3, 0.4) is 0 Å². The molecular formula is C13H28N2O2. The van der Waals surface area contributed by atoms with E-state index < -0.39 is 0 Å². The predicted octanol–water partition coefficient (Wildman–Crippen LogP) is 0.832. The fourth-order valence-electron chi connectivity index (χ4n) is 2.32. The van der Waals surface area contributed by atoms with E-state index in [2.05, 4.69) is 11.8 Å². The molecule has 1 aliphatic heterocycles. The van der Waals surface area contributed by atoms with Gasteiger partial charge in [0.05, 0.1) is 18.8 Å². The van der Waals surface area contributed by atoms with Crippen LogP contribution in [-0.4, -0.2) is 54.5 Å². The van der Waals surface area contributed by atoms with Crippen molar-refractivity contribution in [2.75, 3.05) is 26.2 Å². The third kappa shape index (κ3) is 5.82. The van der Waals surface area contributed by atoms with Crippen LogP contribution in [0.2, 0.25) is 0 Å². The Morgan fingerprint density at radius 2 is 1.88 bits per heavy atom. The Hall–Kier alpha value is -0.160. The molecule has 0 radical (unpaired) electrons. The fourth-order valence-corrected chi connectivity index (χ4v) is 2.32. The van der Waals surface area contributed by atoms with Gasteiger partial charge in [-0.3, -0.25) is 0 Å². The topological polar surface area (TPSA) is 58.7 Å². The van der Waals surface area contributed by atoms with Gasteiger partial charge in [0, 0.05) is 12.6 Å². The van der Waals surface area contributed by atoms with Crippen molar-refractivity contribution in [1.82, 2.24) is 4.90 Å². The minimum Gasteiger partial charge on any atom is -0.389 e. The van der Waals surface area contributed by atoms with E-state index in [1.165, 1.54) is 0 Å². The maximum absolute atomic E-state index is 9.83. The van der Waals surface area contributed by atoms with Crippen LogP contribution in [0, 0.1) is 5.92 Å². The normalized spacial score (nSPS) is 22.9.